The van der Waals surface area contributed by atoms with Crippen LogP contribution in [-0.4, -0.2) is 28.2 Å². The van der Waals surface area contributed by atoms with Gasteiger partial charge in [-0.1, -0.05) is 13.0 Å². The number of hydrogen-bond donors (Lipinski definition) is 2. The molecule has 1 aromatic rings. The molecule has 5 nitrogen and oxygen atoms in total. The molecular weight excluding hydrogens is 283 g/mol. The smallest absolute Gasteiger partial charge is 0.240 e. The van der Waals surface area contributed by atoms with E-state index in [2.05, 4.69) is 4.72 Å². The molecule has 0 saturated heterocycles. The third kappa shape index (κ3) is 4.82. The summed E-state index contributed by atoms with van der Waals surface area (Å²) in [5.41, 5.74) is 5.41. The monoisotopic (exact) mass is 304 g/mol. The number of hydrogen-bond acceptors (Lipinski definition) is 4. The molecule has 1 rings (SSSR count). The lowest BCUT2D eigenvalue weighted by atomic mass is 10.2. The van der Waals surface area contributed by atoms with Crippen molar-refractivity contribution in [2.45, 2.75) is 31.2 Å². The molecule has 0 atom stereocenters. The number of benzene rings is 1. The van der Waals surface area contributed by atoms with E-state index in [1.807, 2.05) is 6.92 Å². The van der Waals surface area contributed by atoms with Crippen LogP contribution < -0.4 is 10.5 Å². The highest BCUT2D eigenvalue weighted by atomic mass is 32.2. The van der Waals surface area contributed by atoms with E-state index < -0.39 is 15.8 Å². The van der Waals surface area contributed by atoms with Gasteiger partial charge in [-0.05, 0) is 25.0 Å². The van der Waals surface area contributed by atoms with E-state index in [1.54, 1.807) is 0 Å². The second-order valence-electron chi connectivity index (χ2n) is 4.28. The number of nitrogens with two attached hydrogens (primary N) is 1. The van der Waals surface area contributed by atoms with Gasteiger partial charge in [0.25, 0.3) is 0 Å². The lowest BCUT2D eigenvalue weighted by Crippen LogP contribution is -2.27. The Labute approximate surface area is 119 Å². The Morgan fingerprint density at radius 3 is 2.75 bits per heavy atom. The third-order valence-corrected chi connectivity index (χ3v) is 4.22. The van der Waals surface area contributed by atoms with E-state index in [0.29, 0.717) is 19.6 Å². The fourth-order valence-electron chi connectivity index (χ4n) is 1.69. The zero-order valence-electron chi connectivity index (χ0n) is 11.6. The predicted molar refractivity (Wildman–Crippen MR) is 75.2 cm³/mol. The van der Waals surface area contributed by atoms with Gasteiger partial charge >= 0.3 is 0 Å². The van der Waals surface area contributed by atoms with Crippen LogP contribution in [0.1, 0.15) is 25.3 Å². The molecule has 7 heteroatoms. The van der Waals surface area contributed by atoms with Gasteiger partial charge in [0.15, 0.2) is 0 Å². The molecule has 0 saturated carbocycles. The summed E-state index contributed by atoms with van der Waals surface area (Å²) in [4.78, 5) is -0.102. The van der Waals surface area contributed by atoms with Gasteiger partial charge in [0.2, 0.25) is 10.0 Å². The quantitative estimate of drug-likeness (QED) is 0.675. The van der Waals surface area contributed by atoms with E-state index in [-0.39, 0.29) is 23.5 Å². The lowest BCUT2D eigenvalue weighted by molar-refractivity contribution is 0.133. The van der Waals surface area contributed by atoms with E-state index >= 15 is 0 Å². The van der Waals surface area contributed by atoms with Crippen LogP contribution in [0.2, 0.25) is 0 Å². The first-order chi connectivity index (χ1) is 9.53. The van der Waals surface area contributed by atoms with Gasteiger partial charge in [0.1, 0.15) is 5.82 Å². The number of nitrogens with one attached hydrogen (secondary N) is 1. The molecule has 114 valence electrons. The fraction of sp³-hybridized carbons (Fsp3) is 0.538. The normalized spacial score (nSPS) is 11.8. The van der Waals surface area contributed by atoms with Gasteiger partial charge in [-0.2, -0.15) is 0 Å². The molecule has 1 aromatic carbocycles. The van der Waals surface area contributed by atoms with Crippen molar-refractivity contribution in [2.24, 2.45) is 5.73 Å². The second kappa shape index (κ2) is 8.31. The van der Waals surface area contributed by atoms with Crippen LogP contribution in [-0.2, 0) is 21.3 Å². The van der Waals surface area contributed by atoms with Gasteiger partial charge in [-0.25, -0.2) is 17.5 Å². The molecule has 0 aliphatic rings. The Bertz CT molecular complexity index is 520. The number of sulfonamides is 1. The van der Waals surface area contributed by atoms with Gasteiger partial charge < -0.3 is 10.5 Å². The van der Waals surface area contributed by atoms with Crippen molar-refractivity contribution in [2.75, 3.05) is 19.8 Å². The Morgan fingerprint density at radius 1 is 1.35 bits per heavy atom. The minimum atomic E-state index is -3.74. The Balaban J connectivity index is 2.63. The standard InChI is InChI=1S/C13H21FN2O3S/c1-2-8-19-9-4-7-16-20(17,18)13-6-3-5-12(14)11(13)10-15/h3,5-6,16H,2,4,7-10,15H2,1H3. The third-order valence-electron chi connectivity index (χ3n) is 2.68. The van der Waals surface area contributed by atoms with Crippen LogP contribution in [0.15, 0.2) is 23.1 Å². The van der Waals surface area contributed by atoms with Crippen molar-refractivity contribution < 1.29 is 17.5 Å². The molecule has 0 aromatic heterocycles. The first-order valence-electron chi connectivity index (χ1n) is 6.57. The summed E-state index contributed by atoms with van der Waals surface area (Å²) in [5.74, 6) is -0.610. The topological polar surface area (TPSA) is 81.4 Å². The molecule has 0 heterocycles. The first kappa shape index (κ1) is 17.0. The van der Waals surface area contributed by atoms with Gasteiger partial charge in [-0.15, -0.1) is 0 Å². The number of halogens is 1. The van der Waals surface area contributed by atoms with Crippen molar-refractivity contribution in [1.29, 1.82) is 0 Å². The van der Waals surface area contributed by atoms with Crippen molar-refractivity contribution in [1.82, 2.24) is 4.72 Å². The largest absolute Gasteiger partial charge is 0.381 e. The average molecular weight is 304 g/mol. The van der Waals surface area contributed by atoms with Gasteiger partial charge in [0.05, 0.1) is 4.90 Å². The summed E-state index contributed by atoms with van der Waals surface area (Å²) in [7, 11) is -3.74. The highest BCUT2D eigenvalue weighted by Crippen LogP contribution is 2.18. The summed E-state index contributed by atoms with van der Waals surface area (Å²) < 4.78 is 45.4. The molecule has 0 bridgehead atoms. The maximum absolute atomic E-state index is 13.5. The zero-order chi connectivity index (χ0) is 15.0. The van der Waals surface area contributed by atoms with Crippen molar-refractivity contribution in [3.63, 3.8) is 0 Å². The minimum Gasteiger partial charge on any atom is -0.381 e. The van der Waals surface area contributed by atoms with E-state index in [9.17, 15) is 12.8 Å². The number of rotatable bonds is 9. The fourth-order valence-corrected chi connectivity index (χ4v) is 3.03. The molecule has 3 N–H and O–H groups in total. The molecule has 0 aliphatic carbocycles. The Morgan fingerprint density at radius 2 is 2.10 bits per heavy atom. The summed E-state index contributed by atoms with van der Waals surface area (Å²) in [6.07, 6.45) is 1.49. The lowest BCUT2D eigenvalue weighted by Gasteiger charge is -2.11. The summed E-state index contributed by atoms with van der Waals surface area (Å²) in [6.45, 7) is 3.23. The van der Waals surface area contributed by atoms with E-state index in [1.165, 1.54) is 18.2 Å². The van der Waals surface area contributed by atoms with Crippen LogP contribution in [0.25, 0.3) is 0 Å². The Hall–Kier alpha value is -1.02. The van der Waals surface area contributed by atoms with Crippen LogP contribution in [0, 0.1) is 5.82 Å². The molecule has 20 heavy (non-hydrogen) atoms. The van der Waals surface area contributed by atoms with Crippen LogP contribution >= 0.6 is 0 Å². The SMILES string of the molecule is CCCOCCCNS(=O)(=O)c1cccc(F)c1CN. The molecule has 0 spiro atoms. The molecule has 0 aliphatic heterocycles. The van der Waals surface area contributed by atoms with Gasteiger partial charge in [-0.3, -0.25) is 0 Å². The van der Waals surface area contributed by atoms with Crippen LogP contribution in [0.3, 0.4) is 0 Å². The molecule has 0 amide bonds. The van der Waals surface area contributed by atoms with E-state index in [4.69, 9.17) is 10.5 Å². The predicted octanol–water partition coefficient (Wildman–Crippen LogP) is 1.38. The van der Waals surface area contributed by atoms with Crippen molar-refractivity contribution in [3.05, 3.63) is 29.6 Å². The zero-order valence-corrected chi connectivity index (χ0v) is 12.4. The van der Waals surface area contributed by atoms with E-state index in [0.717, 1.165) is 6.42 Å². The summed E-state index contributed by atoms with van der Waals surface area (Å²) in [5, 5.41) is 0. The minimum absolute atomic E-state index is 0.00207. The molecule has 0 unspecified atom stereocenters. The van der Waals surface area contributed by atoms with Crippen molar-refractivity contribution in [3.8, 4) is 0 Å². The maximum Gasteiger partial charge on any atom is 0.240 e. The summed E-state index contributed by atoms with van der Waals surface area (Å²) in [6, 6.07) is 3.90. The first-order valence-corrected chi connectivity index (χ1v) is 8.06. The highest BCUT2D eigenvalue weighted by molar-refractivity contribution is 7.89. The van der Waals surface area contributed by atoms with Crippen LogP contribution in [0.4, 0.5) is 4.39 Å². The molecular formula is C13H21FN2O3S. The second-order valence-corrected chi connectivity index (χ2v) is 6.02. The highest BCUT2D eigenvalue weighted by Gasteiger charge is 2.19. The maximum atomic E-state index is 13.5. The average Bonchev–Trinajstić information content (AvgIpc) is 2.42. The van der Waals surface area contributed by atoms with Crippen LogP contribution in [0.5, 0.6) is 0 Å². The molecule has 0 radical (unpaired) electrons. The van der Waals surface area contributed by atoms with Crippen molar-refractivity contribution >= 4 is 10.0 Å². The molecule has 0 fully saturated rings. The summed E-state index contributed by atoms with van der Waals surface area (Å²) >= 11 is 0. The Kier molecular flexibility index (Phi) is 7.08. The number of ether oxygens (including phenoxy) is 1. The van der Waals surface area contributed by atoms with Gasteiger partial charge in [0, 0.05) is 31.9 Å².